The summed E-state index contributed by atoms with van der Waals surface area (Å²) in [5.41, 5.74) is -0.751. The van der Waals surface area contributed by atoms with Crippen LogP contribution in [0.3, 0.4) is 0 Å². The van der Waals surface area contributed by atoms with Crippen LogP contribution in [0.25, 0.3) is 0 Å². The first-order valence-corrected chi connectivity index (χ1v) is 5.62. The molecule has 0 spiro atoms. The fourth-order valence-electron chi connectivity index (χ4n) is 1.30. The van der Waals surface area contributed by atoms with Gasteiger partial charge in [0.1, 0.15) is 11.6 Å². The molecular weight excluding hydrogens is 282 g/mol. The number of hydrogen-bond donors (Lipinski definition) is 0. The number of Topliss-reactive ketones (excluding diaryl/α,β-unsaturated/α-hetero) is 2. The Hall–Kier alpha value is -1.82. The lowest BCUT2D eigenvalue weighted by Crippen LogP contribution is -2.21. The second-order valence-electron chi connectivity index (χ2n) is 3.46. The number of benzene rings is 1. The summed E-state index contributed by atoms with van der Waals surface area (Å²) in [5, 5.41) is -0.721. The van der Waals surface area contributed by atoms with Gasteiger partial charge in [0, 0.05) is 0 Å². The third-order valence-corrected chi connectivity index (χ3v) is 2.52. The molecule has 4 nitrogen and oxygen atoms in total. The van der Waals surface area contributed by atoms with Crippen molar-refractivity contribution in [2.75, 3.05) is 6.61 Å². The molecule has 0 saturated heterocycles. The number of ether oxygens (including phenoxy) is 1. The van der Waals surface area contributed by atoms with Crippen LogP contribution in [-0.4, -0.2) is 24.1 Å². The van der Waals surface area contributed by atoms with Crippen LogP contribution in [0.2, 0.25) is 5.02 Å². The maximum atomic E-state index is 13.4. The molecule has 0 unspecified atom stereocenters. The van der Waals surface area contributed by atoms with Gasteiger partial charge in [0.05, 0.1) is 23.6 Å². The monoisotopic (exact) mass is 290 g/mol. The maximum absolute atomic E-state index is 13.4. The molecule has 1 aromatic carbocycles. The lowest BCUT2D eigenvalue weighted by Gasteiger charge is -2.05. The zero-order valence-corrected chi connectivity index (χ0v) is 10.6. The molecule has 0 fully saturated rings. The zero-order valence-electron chi connectivity index (χ0n) is 9.84. The van der Waals surface area contributed by atoms with Crippen molar-refractivity contribution in [2.24, 2.45) is 0 Å². The summed E-state index contributed by atoms with van der Waals surface area (Å²) in [4.78, 5) is 33.9. The Morgan fingerprint density at radius 3 is 2.37 bits per heavy atom. The predicted molar refractivity (Wildman–Crippen MR) is 62.0 cm³/mol. The molecule has 0 radical (unpaired) electrons. The van der Waals surface area contributed by atoms with Gasteiger partial charge < -0.3 is 4.74 Å². The molecule has 0 atom stereocenters. The van der Waals surface area contributed by atoms with Crippen molar-refractivity contribution in [1.29, 1.82) is 0 Å². The molecule has 7 heteroatoms. The number of carbonyl (C=O) groups excluding carboxylic acids is 3. The first-order valence-electron chi connectivity index (χ1n) is 5.25. The van der Waals surface area contributed by atoms with Gasteiger partial charge in [-0.05, 0) is 19.1 Å². The number of ketones is 2. The highest BCUT2D eigenvalue weighted by atomic mass is 35.5. The van der Waals surface area contributed by atoms with E-state index in [9.17, 15) is 23.2 Å². The Morgan fingerprint density at radius 1 is 1.21 bits per heavy atom. The minimum Gasteiger partial charge on any atom is -0.460 e. The first kappa shape index (κ1) is 15.2. The van der Waals surface area contributed by atoms with Crippen molar-refractivity contribution in [3.8, 4) is 0 Å². The van der Waals surface area contributed by atoms with Crippen molar-refractivity contribution in [1.82, 2.24) is 0 Å². The van der Waals surface area contributed by atoms with E-state index in [4.69, 9.17) is 11.6 Å². The van der Waals surface area contributed by atoms with Crippen LogP contribution in [-0.2, 0) is 14.3 Å². The summed E-state index contributed by atoms with van der Waals surface area (Å²) in [6.07, 6.45) is -0.932. The molecule has 0 aliphatic heterocycles. The average Bonchev–Trinajstić information content (AvgIpc) is 2.34. The second kappa shape index (κ2) is 6.38. The Kier molecular flexibility index (Phi) is 5.11. The molecule has 1 aromatic rings. The third kappa shape index (κ3) is 3.57. The lowest BCUT2D eigenvalue weighted by molar-refractivity contribution is -0.153. The van der Waals surface area contributed by atoms with Crippen LogP contribution < -0.4 is 0 Å². The maximum Gasteiger partial charge on any atom is 0.375 e. The summed E-state index contributed by atoms with van der Waals surface area (Å²) in [6.45, 7) is 1.45. The van der Waals surface area contributed by atoms with Crippen molar-refractivity contribution in [3.63, 3.8) is 0 Å². The van der Waals surface area contributed by atoms with E-state index < -0.39 is 46.2 Å². The van der Waals surface area contributed by atoms with Gasteiger partial charge in [-0.1, -0.05) is 11.6 Å². The van der Waals surface area contributed by atoms with Gasteiger partial charge >= 0.3 is 5.97 Å². The van der Waals surface area contributed by atoms with Gasteiger partial charge in [-0.25, -0.2) is 13.6 Å². The molecule has 0 bridgehead atoms. The summed E-state index contributed by atoms with van der Waals surface area (Å²) in [7, 11) is 0. The molecule has 0 aliphatic carbocycles. The van der Waals surface area contributed by atoms with Crippen molar-refractivity contribution in [3.05, 3.63) is 34.4 Å². The minimum absolute atomic E-state index is 0.0339. The van der Waals surface area contributed by atoms with E-state index in [-0.39, 0.29) is 6.61 Å². The van der Waals surface area contributed by atoms with Gasteiger partial charge in [-0.3, -0.25) is 9.59 Å². The highest BCUT2D eigenvalue weighted by molar-refractivity contribution is 6.40. The molecule has 102 valence electrons. The summed E-state index contributed by atoms with van der Waals surface area (Å²) in [5.74, 6) is -5.49. The average molecular weight is 291 g/mol. The summed E-state index contributed by atoms with van der Waals surface area (Å²) < 4.78 is 30.9. The molecule has 0 N–H and O–H groups in total. The Labute approximate surface area is 112 Å². The highest BCUT2D eigenvalue weighted by Crippen LogP contribution is 2.24. The SMILES string of the molecule is CCOC(=O)C(=O)CC(=O)c1c(F)ccc(F)c1Cl. The number of rotatable bonds is 5. The van der Waals surface area contributed by atoms with Gasteiger partial charge in [0.25, 0.3) is 0 Å². The van der Waals surface area contributed by atoms with Gasteiger partial charge in [0.2, 0.25) is 5.78 Å². The third-order valence-electron chi connectivity index (χ3n) is 2.15. The minimum atomic E-state index is -1.20. The van der Waals surface area contributed by atoms with Crippen LogP contribution in [0.4, 0.5) is 8.78 Å². The topological polar surface area (TPSA) is 60.4 Å². The Morgan fingerprint density at radius 2 is 1.79 bits per heavy atom. The van der Waals surface area contributed by atoms with E-state index in [1.807, 2.05) is 0 Å². The molecule has 1 rings (SSSR count). The van der Waals surface area contributed by atoms with Crippen LogP contribution in [0, 0.1) is 11.6 Å². The molecule has 0 amide bonds. The van der Waals surface area contributed by atoms with E-state index in [1.54, 1.807) is 0 Å². The van der Waals surface area contributed by atoms with Crippen LogP contribution in [0.1, 0.15) is 23.7 Å². The molecule has 0 saturated carbocycles. The quantitative estimate of drug-likeness (QED) is 0.274. The van der Waals surface area contributed by atoms with Crippen LogP contribution >= 0.6 is 11.6 Å². The largest absolute Gasteiger partial charge is 0.460 e. The predicted octanol–water partition coefficient (Wildman–Crippen LogP) is 2.32. The van der Waals surface area contributed by atoms with Gasteiger partial charge in [0.15, 0.2) is 5.78 Å². The van der Waals surface area contributed by atoms with E-state index in [0.29, 0.717) is 6.07 Å². The summed E-state index contributed by atoms with van der Waals surface area (Å²) in [6, 6.07) is 1.46. The molecule has 19 heavy (non-hydrogen) atoms. The molecule has 0 aliphatic rings. The fraction of sp³-hybridized carbons (Fsp3) is 0.250. The lowest BCUT2D eigenvalue weighted by atomic mass is 10.1. The van der Waals surface area contributed by atoms with E-state index in [0.717, 1.165) is 6.07 Å². The number of hydrogen-bond acceptors (Lipinski definition) is 4. The van der Waals surface area contributed by atoms with Gasteiger partial charge in [-0.2, -0.15) is 0 Å². The van der Waals surface area contributed by atoms with Crippen LogP contribution in [0.5, 0.6) is 0 Å². The van der Waals surface area contributed by atoms with Crippen LogP contribution in [0.15, 0.2) is 12.1 Å². The van der Waals surface area contributed by atoms with Gasteiger partial charge in [-0.15, -0.1) is 0 Å². The molecule has 0 aromatic heterocycles. The zero-order chi connectivity index (χ0) is 14.6. The van der Waals surface area contributed by atoms with E-state index in [1.165, 1.54) is 6.92 Å². The number of carbonyl (C=O) groups is 3. The van der Waals surface area contributed by atoms with Crippen molar-refractivity contribution in [2.45, 2.75) is 13.3 Å². The fourth-order valence-corrected chi connectivity index (χ4v) is 1.56. The standard InChI is InChI=1S/C12H9ClF2O4/c1-2-19-12(18)9(17)5-8(16)10-6(14)3-4-7(15)11(10)13/h3-4H,2,5H2,1H3. The van der Waals surface area contributed by atoms with E-state index >= 15 is 0 Å². The second-order valence-corrected chi connectivity index (χ2v) is 3.84. The normalized spacial score (nSPS) is 10.1. The van der Waals surface area contributed by atoms with Crippen molar-refractivity contribution < 1.29 is 27.9 Å². The van der Waals surface area contributed by atoms with E-state index in [2.05, 4.69) is 4.74 Å². The number of esters is 1. The van der Waals surface area contributed by atoms with Crippen molar-refractivity contribution >= 4 is 29.1 Å². The Bertz CT molecular complexity index is 543. The first-order chi connectivity index (χ1) is 8.88. The molecular formula is C12H9ClF2O4. The molecule has 0 heterocycles. The number of halogens is 3. The Balaban J connectivity index is 2.94. The highest BCUT2D eigenvalue weighted by Gasteiger charge is 2.25. The smallest absolute Gasteiger partial charge is 0.375 e. The summed E-state index contributed by atoms with van der Waals surface area (Å²) >= 11 is 5.45.